The summed E-state index contributed by atoms with van der Waals surface area (Å²) in [5.41, 5.74) is 0.386. The molecule has 6 heteroatoms. The maximum atomic E-state index is 12.7. The molecule has 1 aliphatic carbocycles. The number of hydrogen-bond acceptors (Lipinski definition) is 3. The SMILES string of the molecule is CCC1(CNC(=O)N2CCC[C@@H]2c2nnc3n2CCCCC3)CC1. The van der Waals surface area contributed by atoms with Crippen molar-refractivity contribution in [3.05, 3.63) is 11.6 Å². The molecule has 132 valence electrons. The predicted molar refractivity (Wildman–Crippen MR) is 91.6 cm³/mol. The van der Waals surface area contributed by atoms with Gasteiger partial charge in [0, 0.05) is 26.1 Å². The molecular weight excluding hydrogens is 302 g/mol. The first-order chi connectivity index (χ1) is 11.7. The number of fused-ring (bicyclic) bond motifs is 1. The normalized spacial score (nSPS) is 25.2. The van der Waals surface area contributed by atoms with Crippen molar-refractivity contribution in [2.75, 3.05) is 13.1 Å². The summed E-state index contributed by atoms with van der Waals surface area (Å²) >= 11 is 0. The van der Waals surface area contributed by atoms with Crippen LogP contribution in [-0.4, -0.2) is 38.8 Å². The van der Waals surface area contributed by atoms with Gasteiger partial charge < -0.3 is 14.8 Å². The van der Waals surface area contributed by atoms with E-state index in [9.17, 15) is 4.79 Å². The van der Waals surface area contributed by atoms with Crippen LogP contribution in [0.1, 0.15) is 76.0 Å². The predicted octanol–water partition coefficient (Wildman–Crippen LogP) is 3.04. The van der Waals surface area contributed by atoms with Gasteiger partial charge in [0.2, 0.25) is 0 Å². The molecule has 1 saturated carbocycles. The zero-order chi connectivity index (χ0) is 16.6. The molecule has 4 rings (SSSR count). The van der Waals surface area contributed by atoms with E-state index in [0.717, 1.165) is 57.0 Å². The van der Waals surface area contributed by atoms with E-state index in [0.29, 0.717) is 5.41 Å². The lowest BCUT2D eigenvalue weighted by Crippen LogP contribution is -2.42. The van der Waals surface area contributed by atoms with Gasteiger partial charge in [-0.05, 0) is 50.4 Å². The minimum atomic E-state index is 0.0863. The first kappa shape index (κ1) is 15.9. The van der Waals surface area contributed by atoms with E-state index in [4.69, 9.17) is 0 Å². The smallest absolute Gasteiger partial charge is 0.318 e. The molecule has 0 unspecified atom stereocenters. The molecule has 0 bridgehead atoms. The Balaban J connectivity index is 1.47. The quantitative estimate of drug-likeness (QED) is 0.922. The Bertz CT molecular complexity index is 607. The highest BCUT2D eigenvalue weighted by atomic mass is 16.2. The maximum absolute atomic E-state index is 12.7. The largest absolute Gasteiger partial charge is 0.337 e. The fourth-order valence-corrected chi connectivity index (χ4v) is 4.23. The van der Waals surface area contributed by atoms with Crippen LogP contribution < -0.4 is 5.32 Å². The number of urea groups is 1. The number of carbonyl (C=O) groups excluding carboxylic acids is 1. The molecule has 0 aromatic carbocycles. The van der Waals surface area contributed by atoms with Crippen LogP contribution in [0.25, 0.3) is 0 Å². The lowest BCUT2D eigenvalue weighted by Gasteiger charge is -2.26. The minimum absolute atomic E-state index is 0.0863. The van der Waals surface area contributed by atoms with Crippen molar-refractivity contribution in [3.8, 4) is 0 Å². The van der Waals surface area contributed by atoms with Crippen molar-refractivity contribution in [1.82, 2.24) is 25.0 Å². The van der Waals surface area contributed by atoms with Crippen LogP contribution in [0.15, 0.2) is 0 Å². The van der Waals surface area contributed by atoms with Crippen LogP contribution >= 0.6 is 0 Å². The van der Waals surface area contributed by atoms with Gasteiger partial charge in [0.1, 0.15) is 5.82 Å². The van der Waals surface area contributed by atoms with Crippen LogP contribution in [-0.2, 0) is 13.0 Å². The second kappa shape index (κ2) is 6.37. The highest BCUT2D eigenvalue weighted by Gasteiger charge is 2.42. The number of hydrogen-bond donors (Lipinski definition) is 1. The molecule has 1 N–H and O–H groups in total. The molecule has 24 heavy (non-hydrogen) atoms. The Morgan fingerprint density at radius 2 is 2.08 bits per heavy atom. The third-order valence-corrected chi connectivity index (χ3v) is 6.27. The van der Waals surface area contributed by atoms with Gasteiger partial charge in [0.15, 0.2) is 5.82 Å². The van der Waals surface area contributed by atoms with Crippen molar-refractivity contribution >= 4 is 6.03 Å². The Morgan fingerprint density at radius 1 is 1.21 bits per heavy atom. The minimum Gasteiger partial charge on any atom is -0.337 e. The summed E-state index contributed by atoms with van der Waals surface area (Å²) in [5.74, 6) is 2.12. The molecule has 1 aromatic rings. The number of aryl methyl sites for hydroxylation is 1. The maximum Gasteiger partial charge on any atom is 0.318 e. The second-order valence-electron chi connectivity index (χ2n) is 7.80. The molecule has 6 nitrogen and oxygen atoms in total. The van der Waals surface area contributed by atoms with Crippen molar-refractivity contribution in [2.24, 2.45) is 5.41 Å². The van der Waals surface area contributed by atoms with E-state index >= 15 is 0 Å². The van der Waals surface area contributed by atoms with E-state index in [1.165, 1.54) is 32.1 Å². The molecule has 1 aromatic heterocycles. The number of aromatic nitrogens is 3. The number of amides is 2. The molecule has 1 atom stereocenters. The number of nitrogens with one attached hydrogen (secondary N) is 1. The number of carbonyl (C=O) groups is 1. The zero-order valence-corrected chi connectivity index (χ0v) is 14.8. The molecule has 1 saturated heterocycles. The zero-order valence-electron chi connectivity index (χ0n) is 14.8. The number of nitrogens with zero attached hydrogens (tertiary/aromatic N) is 4. The van der Waals surface area contributed by atoms with Gasteiger partial charge in [-0.15, -0.1) is 10.2 Å². The summed E-state index contributed by atoms with van der Waals surface area (Å²) < 4.78 is 2.29. The molecule has 3 heterocycles. The Morgan fingerprint density at radius 3 is 2.88 bits per heavy atom. The molecule has 0 radical (unpaired) electrons. The summed E-state index contributed by atoms with van der Waals surface area (Å²) in [5, 5.41) is 12.1. The van der Waals surface area contributed by atoms with Crippen LogP contribution in [0.2, 0.25) is 0 Å². The molecule has 3 aliphatic rings. The summed E-state index contributed by atoms with van der Waals surface area (Å²) in [4.78, 5) is 14.7. The average Bonchev–Trinajstić information content (AvgIpc) is 3.14. The monoisotopic (exact) mass is 331 g/mol. The van der Waals surface area contributed by atoms with Gasteiger partial charge >= 0.3 is 6.03 Å². The Hall–Kier alpha value is -1.59. The lowest BCUT2D eigenvalue weighted by atomic mass is 10.0. The van der Waals surface area contributed by atoms with Gasteiger partial charge in [-0.2, -0.15) is 0 Å². The standard InChI is InChI=1S/C18H29N5O/c1-2-18(9-10-18)13-19-17(24)22-12-6-7-14(22)16-21-20-15-8-4-3-5-11-23(15)16/h14H,2-13H2,1H3,(H,19,24)/t14-/m1/s1. The highest BCUT2D eigenvalue weighted by molar-refractivity contribution is 5.75. The van der Waals surface area contributed by atoms with Crippen molar-refractivity contribution in [1.29, 1.82) is 0 Å². The number of likely N-dealkylation sites (tertiary alicyclic amines) is 1. The number of rotatable bonds is 4. The molecule has 2 fully saturated rings. The van der Waals surface area contributed by atoms with Gasteiger partial charge in [-0.3, -0.25) is 0 Å². The summed E-state index contributed by atoms with van der Waals surface area (Å²) in [7, 11) is 0. The fraction of sp³-hybridized carbons (Fsp3) is 0.833. The topological polar surface area (TPSA) is 63.1 Å². The first-order valence-electron chi connectivity index (χ1n) is 9.69. The summed E-state index contributed by atoms with van der Waals surface area (Å²) in [6, 6.07) is 0.185. The summed E-state index contributed by atoms with van der Waals surface area (Å²) in [6.07, 6.45) is 10.4. The molecule has 0 spiro atoms. The van der Waals surface area contributed by atoms with E-state index in [1.807, 2.05) is 4.90 Å². The van der Waals surface area contributed by atoms with E-state index < -0.39 is 0 Å². The van der Waals surface area contributed by atoms with Gasteiger partial charge in [0.25, 0.3) is 0 Å². The lowest BCUT2D eigenvalue weighted by molar-refractivity contribution is 0.187. The van der Waals surface area contributed by atoms with Crippen molar-refractivity contribution in [3.63, 3.8) is 0 Å². The molecular formula is C18H29N5O. The van der Waals surface area contributed by atoms with Crippen LogP contribution in [0, 0.1) is 5.41 Å². The van der Waals surface area contributed by atoms with Gasteiger partial charge in [0.05, 0.1) is 6.04 Å². The Labute approximate surface area is 144 Å². The first-order valence-corrected chi connectivity index (χ1v) is 9.69. The highest BCUT2D eigenvalue weighted by Crippen LogP contribution is 2.48. The van der Waals surface area contributed by atoms with Gasteiger partial charge in [-0.1, -0.05) is 13.3 Å². The van der Waals surface area contributed by atoms with Crippen LogP contribution in [0.5, 0.6) is 0 Å². The molecule has 2 amide bonds. The Kier molecular flexibility index (Phi) is 4.22. The summed E-state index contributed by atoms with van der Waals surface area (Å²) in [6.45, 7) is 4.88. The van der Waals surface area contributed by atoms with Crippen LogP contribution in [0.3, 0.4) is 0 Å². The van der Waals surface area contributed by atoms with Crippen LogP contribution in [0.4, 0.5) is 4.79 Å². The second-order valence-corrected chi connectivity index (χ2v) is 7.80. The van der Waals surface area contributed by atoms with E-state index in [1.54, 1.807) is 0 Å². The van der Waals surface area contributed by atoms with Gasteiger partial charge in [-0.25, -0.2) is 4.79 Å². The van der Waals surface area contributed by atoms with Crippen molar-refractivity contribution in [2.45, 2.75) is 77.3 Å². The molecule has 2 aliphatic heterocycles. The van der Waals surface area contributed by atoms with E-state index in [-0.39, 0.29) is 12.1 Å². The third kappa shape index (κ3) is 2.91. The van der Waals surface area contributed by atoms with Crippen molar-refractivity contribution < 1.29 is 4.79 Å². The fourth-order valence-electron chi connectivity index (χ4n) is 4.23. The van der Waals surface area contributed by atoms with E-state index in [2.05, 4.69) is 27.0 Å². The average molecular weight is 331 g/mol. The third-order valence-electron chi connectivity index (χ3n) is 6.27.